The number of nitriles is 1. The molecule has 0 saturated heterocycles. The van der Waals surface area contributed by atoms with Crippen molar-refractivity contribution in [2.75, 3.05) is 0 Å². The highest BCUT2D eigenvalue weighted by atomic mass is 32.2. The highest BCUT2D eigenvalue weighted by Gasteiger charge is 2.17. The third-order valence-corrected chi connectivity index (χ3v) is 1.92. The second-order valence-electron chi connectivity index (χ2n) is 2.04. The Balaban J connectivity index is 3.20. The van der Waals surface area contributed by atoms with Crippen molar-refractivity contribution in [3.63, 3.8) is 0 Å². The number of hydrogen-bond donors (Lipinski definition) is 0. The SMILES string of the molecule is N#CSc1cccc([N+](=O)[O-])c1F. The van der Waals surface area contributed by atoms with Crippen molar-refractivity contribution in [3.8, 4) is 5.40 Å². The van der Waals surface area contributed by atoms with E-state index in [1.54, 1.807) is 5.40 Å². The number of benzene rings is 1. The molecule has 0 aliphatic heterocycles. The molecule has 6 heteroatoms. The Morgan fingerprint density at radius 3 is 2.85 bits per heavy atom. The zero-order valence-electron chi connectivity index (χ0n) is 6.23. The van der Waals surface area contributed by atoms with Crippen LogP contribution in [0.2, 0.25) is 0 Å². The van der Waals surface area contributed by atoms with Crippen LogP contribution in [0.3, 0.4) is 0 Å². The van der Waals surface area contributed by atoms with Crippen molar-refractivity contribution in [2.24, 2.45) is 0 Å². The van der Waals surface area contributed by atoms with E-state index in [2.05, 4.69) is 0 Å². The molecule has 0 atom stereocenters. The Labute approximate surface area is 77.1 Å². The fourth-order valence-electron chi connectivity index (χ4n) is 0.768. The Hall–Kier alpha value is -1.61. The molecule has 1 rings (SSSR count). The number of thioether (sulfide) groups is 1. The molecule has 66 valence electrons. The summed E-state index contributed by atoms with van der Waals surface area (Å²) in [7, 11) is 0. The summed E-state index contributed by atoms with van der Waals surface area (Å²) < 4.78 is 13.1. The van der Waals surface area contributed by atoms with Gasteiger partial charge in [-0.15, -0.1) is 0 Å². The first-order valence-electron chi connectivity index (χ1n) is 3.15. The molecule has 4 nitrogen and oxygen atoms in total. The van der Waals surface area contributed by atoms with Crippen molar-refractivity contribution in [3.05, 3.63) is 34.1 Å². The van der Waals surface area contributed by atoms with Gasteiger partial charge in [0.1, 0.15) is 5.40 Å². The van der Waals surface area contributed by atoms with Gasteiger partial charge in [-0.1, -0.05) is 6.07 Å². The van der Waals surface area contributed by atoms with E-state index in [-0.39, 0.29) is 4.90 Å². The standard InChI is InChI=1S/C7H3FN2O2S/c8-7-5(10(11)12)2-1-3-6(7)13-4-9/h1-3H. The summed E-state index contributed by atoms with van der Waals surface area (Å²) in [5, 5.41) is 20.1. The minimum atomic E-state index is -0.959. The number of hydrogen-bond acceptors (Lipinski definition) is 4. The van der Waals surface area contributed by atoms with Crippen molar-refractivity contribution < 1.29 is 9.31 Å². The van der Waals surface area contributed by atoms with Crippen LogP contribution in [0.1, 0.15) is 0 Å². The third kappa shape index (κ3) is 1.95. The predicted octanol–water partition coefficient (Wildman–Crippen LogP) is 2.31. The molecule has 0 radical (unpaired) electrons. The van der Waals surface area contributed by atoms with Gasteiger partial charge in [-0.3, -0.25) is 10.1 Å². The van der Waals surface area contributed by atoms with Crippen molar-refractivity contribution in [1.29, 1.82) is 5.26 Å². The summed E-state index contributed by atoms with van der Waals surface area (Å²) in [6, 6.07) is 3.70. The summed E-state index contributed by atoms with van der Waals surface area (Å²) in [6.07, 6.45) is 0. The van der Waals surface area contributed by atoms with Crippen LogP contribution >= 0.6 is 11.8 Å². The normalized spacial score (nSPS) is 9.23. The largest absolute Gasteiger partial charge is 0.305 e. The zero-order valence-corrected chi connectivity index (χ0v) is 7.05. The van der Waals surface area contributed by atoms with E-state index in [4.69, 9.17) is 5.26 Å². The highest BCUT2D eigenvalue weighted by Crippen LogP contribution is 2.27. The number of nitro benzene ring substituents is 1. The van der Waals surface area contributed by atoms with E-state index < -0.39 is 16.4 Å². The molecule has 0 aliphatic rings. The summed E-state index contributed by atoms with van der Waals surface area (Å²) in [4.78, 5) is 9.40. The lowest BCUT2D eigenvalue weighted by molar-refractivity contribution is -0.387. The van der Waals surface area contributed by atoms with E-state index in [0.29, 0.717) is 11.8 Å². The molecule has 0 unspecified atom stereocenters. The molecular formula is C7H3FN2O2S. The fourth-order valence-corrected chi connectivity index (χ4v) is 1.21. The van der Waals surface area contributed by atoms with Gasteiger partial charge in [0.25, 0.3) is 0 Å². The molecule has 0 aromatic heterocycles. The van der Waals surface area contributed by atoms with Gasteiger partial charge in [-0.2, -0.15) is 9.65 Å². The average Bonchev–Trinajstić information content (AvgIpc) is 2.08. The van der Waals surface area contributed by atoms with Gasteiger partial charge in [0.05, 0.1) is 9.82 Å². The van der Waals surface area contributed by atoms with Crippen LogP contribution in [-0.4, -0.2) is 4.92 Å². The summed E-state index contributed by atoms with van der Waals surface area (Å²) >= 11 is 0.560. The van der Waals surface area contributed by atoms with Crippen LogP contribution in [0, 0.1) is 26.6 Å². The molecule has 0 amide bonds. The van der Waals surface area contributed by atoms with Crippen LogP contribution in [0.4, 0.5) is 10.1 Å². The van der Waals surface area contributed by atoms with Crippen LogP contribution in [0.15, 0.2) is 23.1 Å². The van der Waals surface area contributed by atoms with Gasteiger partial charge >= 0.3 is 5.69 Å². The van der Waals surface area contributed by atoms with Gasteiger partial charge in [0, 0.05) is 6.07 Å². The minimum Gasteiger partial charge on any atom is -0.258 e. The first kappa shape index (κ1) is 9.48. The lowest BCUT2D eigenvalue weighted by atomic mass is 10.3. The van der Waals surface area contributed by atoms with E-state index in [0.717, 1.165) is 6.07 Å². The fraction of sp³-hybridized carbons (Fsp3) is 0. The van der Waals surface area contributed by atoms with Crippen molar-refractivity contribution >= 4 is 17.4 Å². The monoisotopic (exact) mass is 198 g/mol. The number of rotatable bonds is 2. The zero-order chi connectivity index (χ0) is 9.84. The van der Waals surface area contributed by atoms with E-state index in [9.17, 15) is 14.5 Å². The molecule has 1 aromatic rings. The molecule has 1 aromatic carbocycles. The summed E-state index contributed by atoms with van der Waals surface area (Å²) in [5.74, 6) is -0.959. The second kappa shape index (κ2) is 3.87. The number of nitrogens with zero attached hydrogens (tertiary/aromatic N) is 2. The number of nitro groups is 1. The first-order chi connectivity index (χ1) is 6.16. The lowest BCUT2D eigenvalue weighted by Gasteiger charge is -1.96. The van der Waals surface area contributed by atoms with Crippen LogP contribution in [0.25, 0.3) is 0 Å². The topological polar surface area (TPSA) is 66.9 Å². The van der Waals surface area contributed by atoms with Gasteiger partial charge in [0.2, 0.25) is 5.82 Å². The Bertz CT molecular complexity index is 389. The average molecular weight is 198 g/mol. The molecule has 0 spiro atoms. The molecule has 0 fully saturated rings. The van der Waals surface area contributed by atoms with Gasteiger partial charge < -0.3 is 0 Å². The Morgan fingerprint density at radius 2 is 2.31 bits per heavy atom. The van der Waals surface area contributed by atoms with Gasteiger partial charge in [-0.25, -0.2) is 0 Å². The molecule has 0 N–H and O–H groups in total. The molecule has 0 aliphatic carbocycles. The number of halogens is 1. The van der Waals surface area contributed by atoms with Gasteiger partial charge in [-0.05, 0) is 17.8 Å². The first-order valence-corrected chi connectivity index (χ1v) is 3.97. The minimum absolute atomic E-state index is 0.0308. The number of thiocyanates is 1. The molecular weight excluding hydrogens is 195 g/mol. The predicted molar refractivity (Wildman–Crippen MR) is 44.5 cm³/mol. The smallest absolute Gasteiger partial charge is 0.258 e. The van der Waals surface area contributed by atoms with E-state index in [1.165, 1.54) is 12.1 Å². The van der Waals surface area contributed by atoms with Crippen LogP contribution in [0.5, 0.6) is 0 Å². The maximum atomic E-state index is 13.1. The second-order valence-corrected chi connectivity index (χ2v) is 2.87. The lowest BCUT2D eigenvalue weighted by Crippen LogP contribution is -1.93. The Kier molecular flexibility index (Phi) is 2.82. The van der Waals surface area contributed by atoms with Crippen LogP contribution < -0.4 is 0 Å². The van der Waals surface area contributed by atoms with Crippen molar-refractivity contribution in [1.82, 2.24) is 0 Å². The Morgan fingerprint density at radius 1 is 1.62 bits per heavy atom. The molecule has 0 saturated carbocycles. The molecule has 0 bridgehead atoms. The van der Waals surface area contributed by atoms with Crippen molar-refractivity contribution in [2.45, 2.75) is 4.90 Å². The maximum absolute atomic E-state index is 13.1. The maximum Gasteiger partial charge on any atom is 0.305 e. The van der Waals surface area contributed by atoms with Crippen LogP contribution in [-0.2, 0) is 0 Å². The highest BCUT2D eigenvalue weighted by molar-refractivity contribution is 8.03. The van der Waals surface area contributed by atoms with Gasteiger partial charge in [0.15, 0.2) is 0 Å². The van der Waals surface area contributed by atoms with E-state index >= 15 is 0 Å². The molecule has 13 heavy (non-hydrogen) atoms. The van der Waals surface area contributed by atoms with E-state index in [1.807, 2.05) is 0 Å². The third-order valence-electron chi connectivity index (χ3n) is 1.30. The molecule has 0 heterocycles. The quantitative estimate of drug-likeness (QED) is 0.316. The summed E-state index contributed by atoms with van der Waals surface area (Å²) in [6.45, 7) is 0. The summed E-state index contributed by atoms with van der Waals surface area (Å²) in [5.41, 5.74) is -0.611.